The molecule has 1 amide bonds. The molecule has 212 valence electrons. The molecule has 0 spiro atoms. The number of likely N-dealkylation sites (tertiary alicyclic amines) is 1. The molecule has 2 atom stereocenters. The van der Waals surface area contributed by atoms with Gasteiger partial charge in [-0.3, -0.25) is 10.00 Å². The third-order valence-electron chi connectivity index (χ3n) is 7.53. The number of rotatable bonds is 5. The van der Waals surface area contributed by atoms with Crippen molar-refractivity contribution in [2.75, 3.05) is 25.0 Å². The van der Waals surface area contributed by atoms with Gasteiger partial charge in [-0.15, -0.1) is 11.3 Å². The van der Waals surface area contributed by atoms with Crippen molar-refractivity contribution in [3.8, 4) is 11.8 Å². The summed E-state index contributed by atoms with van der Waals surface area (Å²) in [6.45, 7) is 2.66. The number of carbonyl (C=O) groups excluding carboxylic acids is 1. The van der Waals surface area contributed by atoms with Gasteiger partial charge in [-0.25, -0.2) is 19.2 Å². The summed E-state index contributed by atoms with van der Waals surface area (Å²) >= 11 is 1.54. The molecule has 2 N–H and O–H groups in total. The Bertz CT molecular complexity index is 1840. The summed E-state index contributed by atoms with van der Waals surface area (Å²) < 4.78 is 22.1. The fourth-order valence-corrected chi connectivity index (χ4v) is 6.34. The van der Waals surface area contributed by atoms with Gasteiger partial charge in [0, 0.05) is 37.1 Å². The molecule has 0 bridgehead atoms. The van der Waals surface area contributed by atoms with Crippen molar-refractivity contribution in [2.45, 2.75) is 38.0 Å². The number of halogens is 1. The molecule has 0 saturated carbocycles. The van der Waals surface area contributed by atoms with E-state index in [4.69, 9.17) is 4.74 Å². The zero-order chi connectivity index (χ0) is 28.5. The molecule has 2 aliphatic heterocycles. The first-order valence-electron chi connectivity index (χ1n) is 14.0. The van der Waals surface area contributed by atoms with E-state index in [1.807, 2.05) is 41.2 Å². The Balaban J connectivity index is 1.03. The number of hydrogen-bond donors (Lipinski definition) is 2. The normalized spacial score (nSPS) is 18.4. The molecule has 7 rings (SSSR count). The Morgan fingerprint density at radius 2 is 2.07 bits per heavy atom. The number of nitrogens with one attached hydrogen (secondary N) is 2. The molecule has 42 heavy (non-hydrogen) atoms. The second-order valence-corrected chi connectivity index (χ2v) is 11.6. The molecule has 0 unspecified atom stereocenters. The van der Waals surface area contributed by atoms with Gasteiger partial charge in [0.05, 0.1) is 39.4 Å². The number of ether oxygens (including phenoxy) is 1. The summed E-state index contributed by atoms with van der Waals surface area (Å²) in [5.74, 6) is 7.01. The Morgan fingerprint density at radius 3 is 2.95 bits per heavy atom. The van der Waals surface area contributed by atoms with Crippen molar-refractivity contribution in [1.82, 2.24) is 30.0 Å². The summed E-state index contributed by atoms with van der Waals surface area (Å²) in [5, 5.41) is 12.3. The topological polar surface area (TPSA) is 97.2 Å². The maximum atomic E-state index is 13.6. The van der Waals surface area contributed by atoms with Gasteiger partial charge in [0.2, 0.25) is 0 Å². The van der Waals surface area contributed by atoms with Crippen LogP contribution in [0, 0.1) is 17.7 Å². The molecule has 5 heterocycles. The van der Waals surface area contributed by atoms with Crippen LogP contribution in [-0.2, 0) is 11.3 Å². The number of fused-ring (bicyclic) bond motifs is 2. The van der Waals surface area contributed by atoms with E-state index in [0.717, 1.165) is 63.2 Å². The van der Waals surface area contributed by atoms with Crippen LogP contribution in [0.3, 0.4) is 0 Å². The second-order valence-electron chi connectivity index (χ2n) is 10.5. The second kappa shape index (κ2) is 11.4. The van der Waals surface area contributed by atoms with Crippen LogP contribution in [0.1, 0.15) is 29.7 Å². The Labute approximate surface area is 245 Å². The van der Waals surface area contributed by atoms with Gasteiger partial charge in [-0.2, -0.15) is 5.10 Å². The number of nitrogens with zero attached hydrogens (tertiary/aromatic N) is 5. The van der Waals surface area contributed by atoms with Crippen molar-refractivity contribution in [3.63, 3.8) is 0 Å². The third-order valence-corrected chi connectivity index (χ3v) is 8.58. The van der Waals surface area contributed by atoms with Gasteiger partial charge in [0.15, 0.2) is 5.82 Å². The van der Waals surface area contributed by atoms with Crippen LogP contribution in [0.2, 0.25) is 0 Å². The van der Waals surface area contributed by atoms with Crippen LogP contribution in [0.15, 0.2) is 61.1 Å². The van der Waals surface area contributed by atoms with E-state index in [2.05, 4.69) is 37.5 Å². The first-order valence-corrected chi connectivity index (χ1v) is 14.8. The molecule has 3 aromatic heterocycles. The Hall–Kier alpha value is -4.53. The molecule has 0 aliphatic carbocycles. The predicted octanol–water partition coefficient (Wildman–Crippen LogP) is 5.29. The molecule has 2 fully saturated rings. The van der Waals surface area contributed by atoms with E-state index < -0.39 is 0 Å². The monoisotopic (exact) mass is 581 g/mol. The minimum Gasteiger partial charge on any atom is -0.445 e. The SMILES string of the molecule is O=C(O[C@@H]1CN[C@H](C#Cc2cc3ncnc(Nc4ccc5c(cnn5Cc5cccc(F)c5)c4)c3s2)C1)N1CCCC1. The fourth-order valence-electron chi connectivity index (χ4n) is 5.42. The Kier molecular flexibility index (Phi) is 7.15. The fraction of sp³-hybridized carbons (Fsp3) is 0.290. The van der Waals surface area contributed by atoms with Crippen LogP contribution in [-0.4, -0.2) is 62.5 Å². The van der Waals surface area contributed by atoms with E-state index in [1.54, 1.807) is 17.3 Å². The number of thiophene rings is 1. The minimum absolute atomic E-state index is 0.0381. The summed E-state index contributed by atoms with van der Waals surface area (Å²) in [6, 6.07) is 14.5. The summed E-state index contributed by atoms with van der Waals surface area (Å²) in [7, 11) is 0. The van der Waals surface area contributed by atoms with Crippen molar-refractivity contribution in [2.24, 2.45) is 0 Å². The highest BCUT2D eigenvalue weighted by molar-refractivity contribution is 7.20. The van der Waals surface area contributed by atoms with E-state index in [9.17, 15) is 9.18 Å². The van der Waals surface area contributed by atoms with Crippen LogP contribution in [0.5, 0.6) is 0 Å². The van der Waals surface area contributed by atoms with Crippen LogP contribution in [0.4, 0.5) is 20.7 Å². The van der Waals surface area contributed by atoms with E-state index in [1.165, 1.54) is 23.5 Å². The zero-order valence-electron chi connectivity index (χ0n) is 22.7. The first-order chi connectivity index (χ1) is 20.6. The lowest BCUT2D eigenvalue weighted by atomic mass is 10.2. The van der Waals surface area contributed by atoms with Crippen molar-refractivity contribution in [3.05, 3.63) is 77.3 Å². The number of hydrogen-bond acceptors (Lipinski definition) is 8. The van der Waals surface area contributed by atoms with Crippen molar-refractivity contribution >= 4 is 50.1 Å². The number of aromatic nitrogens is 4. The maximum absolute atomic E-state index is 13.6. The smallest absolute Gasteiger partial charge is 0.410 e. The largest absolute Gasteiger partial charge is 0.445 e. The highest BCUT2D eigenvalue weighted by Crippen LogP contribution is 2.31. The number of anilines is 2. The molecule has 0 radical (unpaired) electrons. The third kappa shape index (κ3) is 5.64. The molecule has 5 aromatic rings. The van der Waals surface area contributed by atoms with Gasteiger partial charge < -0.3 is 15.0 Å². The van der Waals surface area contributed by atoms with Crippen molar-refractivity contribution < 1.29 is 13.9 Å². The van der Waals surface area contributed by atoms with Gasteiger partial charge in [-0.05, 0) is 54.8 Å². The van der Waals surface area contributed by atoms with Crippen LogP contribution >= 0.6 is 11.3 Å². The van der Waals surface area contributed by atoms with E-state index in [0.29, 0.717) is 25.3 Å². The Morgan fingerprint density at radius 1 is 1.17 bits per heavy atom. The average molecular weight is 582 g/mol. The standard InChI is InChI=1S/C31H28FN7O2S/c32-22-5-3-4-20(12-22)18-39-28-9-7-24(13-21(28)16-36-39)37-30-29-27(34-19-35-30)15-26(42-29)8-6-23-14-25(17-33-23)41-31(40)38-10-1-2-11-38/h3-5,7,9,12-13,15-16,19,23,25,33H,1-2,10-11,14,17-18H2,(H,34,35,37)/t23-,25+/m1/s1. The molecule has 2 aromatic carbocycles. The first kappa shape index (κ1) is 26.4. The number of amides is 1. The summed E-state index contributed by atoms with van der Waals surface area (Å²) in [6.07, 6.45) is 5.74. The van der Waals surface area contributed by atoms with Crippen molar-refractivity contribution in [1.29, 1.82) is 0 Å². The predicted molar refractivity (Wildman–Crippen MR) is 160 cm³/mol. The lowest BCUT2D eigenvalue weighted by Crippen LogP contribution is -2.32. The van der Waals surface area contributed by atoms with E-state index >= 15 is 0 Å². The number of benzene rings is 2. The van der Waals surface area contributed by atoms with Gasteiger partial charge in [0.1, 0.15) is 18.2 Å². The summed E-state index contributed by atoms with van der Waals surface area (Å²) in [4.78, 5) is 23.9. The molecule has 9 nitrogen and oxygen atoms in total. The summed E-state index contributed by atoms with van der Waals surface area (Å²) in [5.41, 5.74) is 3.51. The quantitative estimate of drug-likeness (QED) is 0.273. The number of carbonyl (C=O) groups is 1. The highest BCUT2D eigenvalue weighted by atomic mass is 32.1. The zero-order valence-corrected chi connectivity index (χ0v) is 23.5. The molecule has 2 saturated heterocycles. The molecular formula is C31H28FN7O2S. The van der Waals surface area contributed by atoms with Gasteiger partial charge in [-0.1, -0.05) is 24.0 Å². The molecule has 11 heteroatoms. The van der Waals surface area contributed by atoms with Gasteiger partial charge >= 0.3 is 6.09 Å². The highest BCUT2D eigenvalue weighted by Gasteiger charge is 2.28. The lowest BCUT2D eigenvalue weighted by molar-refractivity contribution is 0.0763. The van der Waals surface area contributed by atoms with E-state index in [-0.39, 0.29) is 24.1 Å². The van der Waals surface area contributed by atoms with Crippen LogP contribution < -0.4 is 10.6 Å². The molecular weight excluding hydrogens is 553 g/mol. The van der Waals surface area contributed by atoms with Gasteiger partial charge in [0.25, 0.3) is 0 Å². The van der Waals surface area contributed by atoms with Crippen LogP contribution in [0.25, 0.3) is 21.1 Å². The minimum atomic E-state index is -0.256. The lowest BCUT2D eigenvalue weighted by Gasteiger charge is -2.18. The maximum Gasteiger partial charge on any atom is 0.410 e. The molecule has 2 aliphatic rings. The average Bonchev–Trinajstić information content (AvgIpc) is 3.79.